The molecule has 1 unspecified atom stereocenters. The van der Waals surface area contributed by atoms with Gasteiger partial charge in [-0.3, -0.25) is 5.01 Å². The van der Waals surface area contributed by atoms with Crippen LogP contribution in [0.3, 0.4) is 0 Å². The maximum atomic E-state index is 9.16. The average Bonchev–Trinajstić information content (AvgIpc) is 2.15. The molecule has 3 heteroatoms. The zero-order valence-corrected chi connectivity index (χ0v) is 8.99. The first-order valence-corrected chi connectivity index (χ1v) is 4.86. The lowest BCUT2D eigenvalue weighted by molar-refractivity contribution is 0.239. The SMILES string of the molecule is CCC(NN(C)C)c1ccc(O)cc1. The number of aromatic hydroxyl groups is 1. The Morgan fingerprint density at radius 1 is 1.29 bits per heavy atom. The lowest BCUT2D eigenvalue weighted by atomic mass is 10.1. The Kier molecular flexibility index (Phi) is 3.92. The molecular weight excluding hydrogens is 176 g/mol. The fourth-order valence-corrected chi connectivity index (χ4v) is 1.42. The van der Waals surface area contributed by atoms with Crippen molar-refractivity contribution in [3.8, 4) is 5.75 Å². The Morgan fingerprint density at radius 3 is 2.29 bits per heavy atom. The minimum absolute atomic E-state index is 0.311. The van der Waals surface area contributed by atoms with E-state index in [-0.39, 0.29) is 0 Å². The van der Waals surface area contributed by atoms with E-state index in [1.807, 2.05) is 31.2 Å². The van der Waals surface area contributed by atoms with E-state index in [0.717, 1.165) is 6.42 Å². The van der Waals surface area contributed by atoms with Crippen LogP contribution in [0.5, 0.6) is 5.75 Å². The Balaban J connectivity index is 2.73. The molecule has 78 valence electrons. The molecule has 0 aromatic heterocycles. The van der Waals surface area contributed by atoms with E-state index < -0.39 is 0 Å². The summed E-state index contributed by atoms with van der Waals surface area (Å²) in [5.74, 6) is 0.313. The molecule has 1 aromatic carbocycles. The summed E-state index contributed by atoms with van der Waals surface area (Å²) in [5, 5.41) is 11.1. The molecule has 0 fully saturated rings. The van der Waals surface area contributed by atoms with Crippen molar-refractivity contribution in [2.75, 3.05) is 14.1 Å². The molecule has 2 N–H and O–H groups in total. The number of phenolic OH excluding ortho intramolecular Hbond substituents is 1. The number of hydrogen-bond acceptors (Lipinski definition) is 3. The third-order valence-corrected chi connectivity index (χ3v) is 2.12. The number of hydrogen-bond donors (Lipinski definition) is 2. The molecule has 0 aliphatic heterocycles. The van der Waals surface area contributed by atoms with Gasteiger partial charge in [0.25, 0.3) is 0 Å². The number of nitrogens with zero attached hydrogens (tertiary/aromatic N) is 1. The Hall–Kier alpha value is -1.06. The van der Waals surface area contributed by atoms with Crippen LogP contribution in [0.1, 0.15) is 24.9 Å². The van der Waals surface area contributed by atoms with Gasteiger partial charge in [0.1, 0.15) is 5.75 Å². The molecule has 0 radical (unpaired) electrons. The van der Waals surface area contributed by atoms with Gasteiger partial charge in [-0.1, -0.05) is 19.1 Å². The predicted octanol–water partition coefficient (Wildman–Crippen LogP) is 1.91. The number of nitrogens with one attached hydrogen (secondary N) is 1. The lowest BCUT2D eigenvalue weighted by Gasteiger charge is -2.22. The molecule has 1 aromatic rings. The lowest BCUT2D eigenvalue weighted by Crippen LogP contribution is -2.33. The first-order chi connectivity index (χ1) is 6.63. The van der Waals surface area contributed by atoms with Crippen LogP contribution in [0.4, 0.5) is 0 Å². The molecule has 0 saturated carbocycles. The van der Waals surface area contributed by atoms with E-state index in [2.05, 4.69) is 12.3 Å². The van der Waals surface area contributed by atoms with Crippen molar-refractivity contribution in [2.24, 2.45) is 0 Å². The van der Waals surface area contributed by atoms with E-state index in [1.54, 1.807) is 12.1 Å². The van der Waals surface area contributed by atoms with Gasteiger partial charge in [-0.15, -0.1) is 0 Å². The van der Waals surface area contributed by atoms with Crippen LogP contribution in [-0.4, -0.2) is 24.2 Å². The average molecular weight is 194 g/mol. The molecule has 0 aliphatic carbocycles. The quantitative estimate of drug-likeness (QED) is 0.719. The van der Waals surface area contributed by atoms with E-state index in [0.29, 0.717) is 11.8 Å². The monoisotopic (exact) mass is 194 g/mol. The van der Waals surface area contributed by atoms with E-state index in [9.17, 15) is 0 Å². The molecule has 0 amide bonds. The zero-order chi connectivity index (χ0) is 10.6. The largest absolute Gasteiger partial charge is 0.508 e. The highest BCUT2D eigenvalue weighted by atomic mass is 16.3. The number of phenols is 1. The number of rotatable bonds is 4. The van der Waals surface area contributed by atoms with Gasteiger partial charge in [0.15, 0.2) is 0 Å². The summed E-state index contributed by atoms with van der Waals surface area (Å²) in [5.41, 5.74) is 4.51. The predicted molar refractivity (Wildman–Crippen MR) is 58.0 cm³/mol. The van der Waals surface area contributed by atoms with Gasteiger partial charge in [-0.05, 0) is 24.1 Å². The Morgan fingerprint density at radius 2 is 1.86 bits per heavy atom. The highest BCUT2D eigenvalue weighted by Crippen LogP contribution is 2.19. The Labute approximate surface area is 85.3 Å². The van der Waals surface area contributed by atoms with Crippen LogP contribution in [-0.2, 0) is 0 Å². The maximum Gasteiger partial charge on any atom is 0.115 e. The summed E-state index contributed by atoms with van der Waals surface area (Å²) < 4.78 is 0. The normalized spacial score (nSPS) is 13.1. The number of hydrazine groups is 1. The molecule has 0 aliphatic rings. The fourth-order valence-electron chi connectivity index (χ4n) is 1.42. The molecular formula is C11H18N2O. The number of benzene rings is 1. The summed E-state index contributed by atoms with van der Waals surface area (Å²) in [7, 11) is 3.95. The third kappa shape index (κ3) is 3.01. The van der Waals surface area contributed by atoms with Crippen molar-refractivity contribution in [3.63, 3.8) is 0 Å². The van der Waals surface area contributed by atoms with Gasteiger partial charge in [0.2, 0.25) is 0 Å². The smallest absolute Gasteiger partial charge is 0.115 e. The standard InChI is InChI=1S/C11H18N2O/c1-4-11(12-13(2)3)9-5-7-10(14)8-6-9/h5-8,11-12,14H,4H2,1-3H3. The van der Waals surface area contributed by atoms with Gasteiger partial charge in [0, 0.05) is 20.1 Å². The molecule has 0 bridgehead atoms. The summed E-state index contributed by atoms with van der Waals surface area (Å²) in [6.45, 7) is 2.13. The van der Waals surface area contributed by atoms with Gasteiger partial charge in [-0.2, -0.15) is 0 Å². The van der Waals surface area contributed by atoms with Crippen LogP contribution in [0.25, 0.3) is 0 Å². The zero-order valence-electron chi connectivity index (χ0n) is 8.99. The van der Waals surface area contributed by atoms with Gasteiger partial charge < -0.3 is 5.11 Å². The highest BCUT2D eigenvalue weighted by molar-refractivity contribution is 5.27. The van der Waals surface area contributed by atoms with E-state index in [4.69, 9.17) is 5.11 Å². The fraction of sp³-hybridized carbons (Fsp3) is 0.455. The first-order valence-electron chi connectivity index (χ1n) is 4.86. The van der Waals surface area contributed by atoms with E-state index in [1.165, 1.54) is 5.56 Å². The van der Waals surface area contributed by atoms with Crippen molar-refractivity contribution in [1.82, 2.24) is 10.4 Å². The topological polar surface area (TPSA) is 35.5 Å². The third-order valence-electron chi connectivity index (χ3n) is 2.12. The molecule has 1 atom stereocenters. The van der Waals surface area contributed by atoms with Crippen LogP contribution in [0, 0.1) is 0 Å². The summed E-state index contributed by atoms with van der Waals surface area (Å²) >= 11 is 0. The van der Waals surface area contributed by atoms with Crippen molar-refractivity contribution >= 4 is 0 Å². The summed E-state index contributed by atoms with van der Waals surface area (Å²) in [6, 6.07) is 7.63. The van der Waals surface area contributed by atoms with Crippen molar-refractivity contribution in [3.05, 3.63) is 29.8 Å². The molecule has 0 saturated heterocycles. The Bertz CT molecular complexity index is 269. The van der Waals surface area contributed by atoms with Crippen LogP contribution >= 0.6 is 0 Å². The van der Waals surface area contributed by atoms with Crippen molar-refractivity contribution < 1.29 is 5.11 Å². The van der Waals surface area contributed by atoms with Crippen LogP contribution in [0.15, 0.2) is 24.3 Å². The van der Waals surface area contributed by atoms with E-state index >= 15 is 0 Å². The summed E-state index contributed by atoms with van der Waals surface area (Å²) in [6.07, 6.45) is 1.02. The summed E-state index contributed by atoms with van der Waals surface area (Å²) in [4.78, 5) is 0. The van der Waals surface area contributed by atoms with Crippen molar-refractivity contribution in [2.45, 2.75) is 19.4 Å². The minimum atomic E-state index is 0.311. The molecule has 3 nitrogen and oxygen atoms in total. The molecule has 0 spiro atoms. The van der Waals surface area contributed by atoms with Gasteiger partial charge in [-0.25, -0.2) is 5.43 Å². The second-order valence-electron chi connectivity index (χ2n) is 3.58. The first kappa shape index (κ1) is 11.0. The van der Waals surface area contributed by atoms with Crippen molar-refractivity contribution in [1.29, 1.82) is 0 Å². The maximum absolute atomic E-state index is 9.16. The molecule has 1 rings (SSSR count). The highest BCUT2D eigenvalue weighted by Gasteiger charge is 2.08. The van der Waals surface area contributed by atoms with Crippen LogP contribution in [0.2, 0.25) is 0 Å². The second kappa shape index (κ2) is 4.98. The minimum Gasteiger partial charge on any atom is -0.508 e. The molecule has 14 heavy (non-hydrogen) atoms. The second-order valence-corrected chi connectivity index (χ2v) is 3.58. The van der Waals surface area contributed by atoms with Crippen LogP contribution < -0.4 is 5.43 Å². The van der Waals surface area contributed by atoms with Gasteiger partial charge >= 0.3 is 0 Å². The molecule has 0 heterocycles. The van der Waals surface area contributed by atoms with Gasteiger partial charge in [0.05, 0.1) is 0 Å².